The molecule has 0 spiro atoms. The minimum Gasteiger partial charge on any atom is -0.357 e. The summed E-state index contributed by atoms with van der Waals surface area (Å²) >= 11 is 0. The van der Waals surface area contributed by atoms with Crippen LogP contribution in [0.4, 0.5) is 5.69 Å². The van der Waals surface area contributed by atoms with Gasteiger partial charge in [-0.2, -0.15) is 0 Å². The first-order valence-electron chi connectivity index (χ1n) is 9.55. The Hall–Kier alpha value is -2.04. The summed E-state index contributed by atoms with van der Waals surface area (Å²) in [5.74, 6) is 1.15. The molecule has 0 aromatic heterocycles. The number of guanidine groups is 1. The molecular formula is C20H32N4O. The zero-order chi connectivity index (χ0) is 18.1. The van der Waals surface area contributed by atoms with Crippen molar-refractivity contribution in [1.29, 1.82) is 0 Å². The van der Waals surface area contributed by atoms with Crippen LogP contribution in [0.1, 0.15) is 45.1 Å². The Morgan fingerprint density at radius 1 is 1.28 bits per heavy atom. The van der Waals surface area contributed by atoms with E-state index < -0.39 is 0 Å². The fourth-order valence-electron chi connectivity index (χ4n) is 3.12. The second kappa shape index (κ2) is 10.1. The summed E-state index contributed by atoms with van der Waals surface area (Å²) < 4.78 is 0. The summed E-state index contributed by atoms with van der Waals surface area (Å²) in [5.41, 5.74) is 2.37. The number of rotatable bonds is 8. The molecule has 1 amide bonds. The van der Waals surface area contributed by atoms with Crippen LogP contribution in [0.15, 0.2) is 29.3 Å². The molecule has 0 saturated heterocycles. The fourth-order valence-corrected chi connectivity index (χ4v) is 3.12. The average Bonchev–Trinajstić information content (AvgIpc) is 3.06. The summed E-state index contributed by atoms with van der Waals surface area (Å²) in [4.78, 5) is 21.3. The molecule has 5 heteroatoms. The van der Waals surface area contributed by atoms with Gasteiger partial charge in [0.1, 0.15) is 0 Å². The summed E-state index contributed by atoms with van der Waals surface area (Å²) in [5, 5.41) is 3.33. The van der Waals surface area contributed by atoms with E-state index in [1.807, 2.05) is 23.1 Å². The van der Waals surface area contributed by atoms with Crippen molar-refractivity contribution in [2.24, 2.45) is 4.99 Å². The van der Waals surface area contributed by atoms with Gasteiger partial charge in [-0.1, -0.05) is 31.5 Å². The maximum atomic E-state index is 12.5. The molecule has 1 aliphatic heterocycles. The van der Waals surface area contributed by atoms with Crippen LogP contribution in [-0.2, 0) is 11.2 Å². The number of para-hydroxylation sites is 1. The molecule has 2 rings (SSSR count). The number of fused-ring (bicyclic) bond motifs is 1. The number of carbonyl (C=O) groups excluding carboxylic acids is 1. The Morgan fingerprint density at radius 2 is 2.08 bits per heavy atom. The van der Waals surface area contributed by atoms with Crippen molar-refractivity contribution < 1.29 is 4.79 Å². The number of benzene rings is 1. The van der Waals surface area contributed by atoms with Crippen molar-refractivity contribution in [1.82, 2.24) is 10.2 Å². The Bertz CT molecular complexity index is 585. The van der Waals surface area contributed by atoms with Gasteiger partial charge in [0.15, 0.2) is 5.96 Å². The first-order valence-corrected chi connectivity index (χ1v) is 9.55. The Morgan fingerprint density at radius 3 is 2.84 bits per heavy atom. The van der Waals surface area contributed by atoms with E-state index >= 15 is 0 Å². The maximum absolute atomic E-state index is 12.5. The van der Waals surface area contributed by atoms with Crippen molar-refractivity contribution in [2.45, 2.75) is 46.0 Å². The van der Waals surface area contributed by atoms with Crippen molar-refractivity contribution in [3.05, 3.63) is 29.8 Å². The third-order valence-electron chi connectivity index (χ3n) is 4.54. The molecule has 1 aromatic carbocycles. The summed E-state index contributed by atoms with van der Waals surface area (Å²) in [6.07, 6.45) is 4.64. The lowest BCUT2D eigenvalue weighted by Gasteiger charge is -2.22. The highest BCUT2D eigenvalue weighted by Crippen LogP contribution is 2.27. The maximum Gasteiger partial charge on any atom is 0.227 e. The topological polar surface area (TPSA) is 47.9 Å². The predicted molar refractivity (Wildman–Crippen MR) is 105 cm³/mol. The first-order chi connectivity index (χ1) is 12.2. The molecular weight excluding hydrogens is 312 g/mol. The van der Waals surface area contributed by atoms with Gasteiger partial charge >= 0.3 is 0 Å². The third-order valence-corrected chi connectivity index (χ3v) is 4.54. The van der Waals surface area contributed by atoms with Crippen molar-refractivity contribution in [3.8, 4) is 0 Å². The molecule has 0 unspecified atom stereocenters. The number of hydrogen-bond donors (Lipinski definition) is 1. The van der Waals surface area contributed by atoms with Gasteiger partial charge in [0.2, 0.25) is 5.91 Å². The highest BCUT2D eigenvalue weighted by Gasteiger charge is 2.23. The van der Waals surface area contributed by atoms with E-state index in [1.165, 1.54) is 12.0 Å². The van der Waals surface area contributed by atoms with E-state index in [0.717, 1.165) is 50.5 Å². The van der Waals surface area contributed by atoms with E-state index in [1.54, 1.807) is 0 Å². The number of amides is 1. The minimum atomic E-state index is 0.212. The summed E-state index contributed by atoms with van der Waals surface area (Å²) in [6.45, 7) is 7.63. The normalized spacial score (nSPS) is 13.7. The molecule has 1 heterocycles. The number of carbonyl (C=O) groups is 1. The number of anilines is 1. The van der Waals surface area contributed by atoms with Gasteiger partial charge < -0.3 is 15.1 Å². The molecule has 25 heavy (non-hydrogen) atoms. The molecule has 0 atom stereocenters. The van der Waals surface area contributed by atoms with Gasteiger partial charge in [-0.25, -0.2) is 0 Å². The largest absolute Gasteiger partial charge is 0.357 e. The lowest BCUT2D eigenvalue weighted by molar-refractivity contribution is -0.118. The first kappa shape index (κ1) is 19.3. The van der Waals surface area contributed by atoms with E-state index in [-0.39, 0.29) is 5.91 Å². The van der Waals surface area contributed by atoms with Gasteiger partial charge in [-0.15, -0.1) is 0 Å². The smallest absolute Gasteiger partial charge is 0.227 e. The molecule has 1 N–H and O–H groups in total. The molecule has 0 saturated carbocycles. The average molecular weight is 345 g/mol. The monoisotopic (exact) mass is 344 g/mol. The standard InChI is InChI=1S/C20H32N4O/c1-4-6-15-23(3)20(21-5-2)22-14-9-12-19(25)24-16-13-17-10-7-8-11-18(17)24/h7-8,10-11H,4-6,9,12-16H2,1-3H3,(H,21,22). The molecule has 1 aliphatic rings. The molecule has 1 aromatic rings. The molecule has 5 nitrogen and oxygen atoms in total. The second-order valence-electron chi connectivity index (χ2n) is 6.54. The Labute approximate surface area is 152 Å². The van der Waals surface area contributed by atoms with Gasteiger partial charge in [-0.3, -0.25) is 9.79 Å². The Balaban J connectivity index is 1.81. The molecule has 138 valence electrons. The van der Waals surface area contributed by atoms with Crippen LogP contribution in [0.3, 0.4) is 0 Å². The van der Waals surface area contributed by atoms with Crippen LogP contribution in [-0.4, -0.2) is 50.0 Å². The van der Waals surface area contributed by atoms with Crippen LogP contribution in [0.2, 0.25) is 0 Å². The summed E-state index contributed by atoms with van der Waals surface area (Å²) in [7, 11) is 2.07. The number of nitrogens with zero attached hydrogens (tertiary/aromatic N) is 3. The Kier molecular flexibility index (Phi) is 7.76. The molecule has 0 fully saturated rings. The van der Waals surface area contributed by atoms with Gasteiger partial charge in [0.25, 0.3) is 0 Å². The zero-order valence-corrected chi connectivity index (χ0v) is 15.9. The third kappa shape index (κ3) is 5.48. The molecule has 0 aliphatic carbocycles. The molecule has 0 radical (unpaired) electrons. The van der Waals surface area contributed by atoms with E-state index in [0.29, 0.717) is 13.0 Å². The fraction of sp³-hybridized carbons (Fsp3) is 0.600. The lowest BCUT2D eigenvalue weighted by Crippen LogP contribution is -2.39. The quantitative estimate of drug-likeness (QED) is 0.448. The van der Waals surface area contributed by atoms with Crippen molar-refractivity contribution >= 4 is 17.6 Å². The highest BCUT2D eigenvalue weighted by molar-refractivity contribution is 5.95. The second-order valence-corrected chi connectivity index (χ2v) is 6.54. The predicted octanol–water partition coefficient (Wildman–Crippen LogP) is 3.05. The van der Waals surface area contributed by atoms with Gasteiger partial charge in [0.05, 0.1) is 0 Å². The van der Waals surface area contributed by atoms with E-state index in [4.69, 9.17) is 0 Å². The number of hydrogen-bond acceptors (Lipinski definition) is 2. The van der Waals surface area contributed by atoms with Crippen LogP contribution < -0.4 is 10.2 Å². The van der Waals surface area contributed by atoms with Gasteiger partial charge in [-0.05, 0) is 37.8 Å². The van der Waals surface area contributed by atoms with Gasteiger partial charge in [0, 0.05) is 45.3 Å². The number of nitrogens with one attached hydrogen (secondary N) is 1. The van der Waals surface area contributed by atoms with Crippen LogP contribution in [0.25, 0.3) is 0 Å². The van der Waals surface area contributed by atoms with Crippen molar-refractivity contribution in [2.75, 3.05) is 38.1 Å². The van der Waals surface area contributed by atoms with E-state index in [2.05, 4.69) is 42.2 Å². The van der Waals surface area contributed by atoms with Crippen molar-refractivity contribution in [3.63, 3.8) is 0 Å². The van der Waals surface area contributed by atoms with Crippen LogP contribution >= 0.6 is 0 Å². The lowest BCUT2D eigenvalue weighted by atomic mass is 10.2. The van der Waals surface area contributed by atoms with Crippen LogP contribution in [0.5, 0.6) is 0 Å². The SMILES string of the molecule is CCCCN(C)C(=NCCCC(=O)N1CCc2ccccc21)NCC. The number of aliphatic imine (C=N–C) groups is 1. The minimum absolute atomic E-state index is 0.212. The summed E-state index contributed by atoms with van der Waals surface area (Å²) in [6, 6.07) is 8.20. The highest BCUT2D eigenvalue weighted by atomic mass is 16.2. The van der Waals surface area contributed by atoms with Crippen LogP contribution in [0, 0.1) is 0 Å². The zero-order valence-electron chi connectivity index (χ0n) is 15.9. The number of unbranched alkanes of at least 4 members (excludes halogenated alkanes) is 1. The molecule has 0 bridgehead atoms. The van der Waals surface area contributed by atoms with E-state index in [9.17, 15) is 4.79 Å².